The van der Waals surface area contributed by atoms with Gasteiger partial charge in [-0.15, -0.1) is 0 Å². The highest BCUT2D eigenvalue weighted by Crippen LogP contribution is 2.34. The number of amides is 1. The first-order valence-electron chi connectivity index (χ1n) is 7.48. The summed E-state index contributed by atoms with van der Waals surface area (Å²) in [5, 5.41) is 2.68. The van der Waals surface area contributed by atoms with Gasteiger partial charge in [0.15, 0.2) is 0 Å². The fraction of sp³-hybridized carbons (Fsp3) is 0.235. The van der Waals surface area contributed by atoms with Crippen molar-refractivity contribution >= 4 is 34.6 Å². The van der Waals surface area contributed by atoms with E-state index in [1.165, 1.54) is 18.2 Å². The average molecular weight is 350 g/mol. The van der Waals surface area contributed by atoms with Crippen LogP contribution < -0.4 is 20.7 Å². The van der Waals surface area contributed by atoms with Gasteiger partial charge in [-0.1, -0.05) is 11.6 Å². The lowest BCUT2D eigenvalue weighted by Gasteiger charge is -2.34. The van der Waals surface area contributed by atoms with Crippen molar-refractivity contribution in [2.24, 2.45) is 0 Å². The summed E-state index contributed by atoms with van der Waals surface area (Å²) in [6.07, 6.45) is -0.0470. The lowest BCUT2D eigenvalue weighted by Crippen LogP contribution is -2.42. The van der Waals surface area contributed by atoms with Crippen LogP contribution in [-0.4, -0.2) is 25.1 Å². The number of ether oxygens (including phenoxy) is 1. The lowest BCUT2D eigenvalue weighted by molar-refractivity contribution is -0.115. The second kappa shape index (κ2) is 6.57. The summed E-state index contributed by atoms with van der Waals surface area (Å²) in [5.74, 6) is -0.0678. The summed E-state index contributed by atoms with van der Waals surface area (Å²) in [5.41, 5.74) is 7.65. The lowest BCUT2D eigenvalue weighted by atomic mass is 10.2. The van der Waals surface area contributed by atoms with Crippen LogP contribution in [0.1, 0.15) is 6.92 Å². The third-order valence-corrected chi connectivity index (χ3v) is 3.96. The van der Waals surface area contributed by atoms with E-state index in [1.807, 2.05) is 11.8 Å². The summed E-state index contributed by atoms with van der Waals surface area (Å²) < 4.78 is 18.9. The predicted molar refractivity (Wildman–Crippen MR) is 93.2 cm³/mol. The Hall–Kier alpha value is -2.47. The van der Waals surface area contributed by atoms with Crippen molar-refractivity contribution in [2.75, 3.05) is 29.0 Å². The minimum atomic E-state index is -0.527. The highest BCUT2D eigenvalue weighted by Gasteiger charge is 2.24. The molecule has 126 valence electrons. The molecule has 0 saturated carbocycles. The van der Waals surface area contributed by atoms with Gasteiger partial charge in [-0.2, -0.15) is 0 Å². The number of nitrogens with zero attached hydrogens (tertiary/aromatic N) is 1. The molecule has 1 atom stereocenters. The summed E-state index contributed by atoms with van der Waals surface area (Å²) in [6, 6.07) is 9.39. The molecule has 7 heteroatoms. The van der Waals surface area contributed by atoms with E-state index < -0.39 is 5.82 Å². The molecule has 0 fully saturated rings. The van der Waals surface area contributed by atoms with Crippen LogP contribution in [0.4, 0.5) is 21.5 Å². The monoisotopic (exact) mass is 349 g/mol. The van der Waals surface area contributed by atoms with Gasteiger partial charge in [0.25, 0.3) is 0 Å². The van der Waals surface area contributed by atoms with Gasteiger partial charge in [-0.3, -0.25) is 4.79 Å². The largest absolute Gasteiger partial charge is 0.487 e. The molecule has 1 aliphatic heterocycles. The summed E-state index contributed by atoms with van der Waals surface area (Å²) in [7, 11) is 0. The standard InChI is InChI=1S/C17H17ClFN3O2/c1-10-8-22(15-6-11(20)2-5-16(15)24-10)9-17(23)21-12-3-4-14(19)13(18)7-12/h2-7,10H,8-9,20H2,1H3,(H,21,23). The Morgan fingerprint density at radius 3 is 2.96 bits per heavy atom. The summed E-state index contributed by atoms with van der Waals surface area (Å²) in [6.45, 7) is 2.62. The molecule has 5 nitrogen and oxygen atoms in total. The molecule has 1 unspecified atom stereocenters. The van der Waals surface area contributed by atoms with Crippen LogP contribution in [0.3, 0.4) is 0 Å². The van der Waals surface area contributed by atoms with E-state index in [0.29, 0.717) is 23.7 Å². The van der Waals surface area contributed by atoms with Crippen LogP contribution in [0.15, 0.2) is 36.4 Å². The third-order valence-electron chi connectivity index (χ3n) is 3.67. The zero-order chi connectivity index (χ0) is 17.3. The van der Waals surface area contributed by atoms with Gasteiger partial charge < -0.3 is 20.7 Å². The van der Waals surface area contributed by atoms with E-state index in [9.17, 15) is 9.18 Å². The number of hydrogen-bond donors (Lipinski definition) is 2. The molecule has 0 aromatic heterocycles. The van der Waals surface area contributed by atoms with Crippen molar-refractivity contribution in [1.82, 2.24) is 0 Å². The Kier molecular flexibility index (Phi) is 4.49. The molecule has 0 aliphatic carbocycles. The van der Waals surface area contributed by atoms with E-state index in [1.54, 1.807) is 18.2 Å². The van der Waals surface area contributed by atoms with Crippen molar-refractivity contribution < 1.29 is 13.9 Å². The van der Waals surface area contributed by atoms with Gasteiger partial charge in [0.05, 0.1) is 23.8 Å². The fourth-order valence-corrected chi connectivity index (χ4v) is 2.82. The van der Waals surface area contributed by atoms with E-state index in [4.69, 9.17) is 22.1 Å². The number of fused-ring (bicyclic) bond motifs is 1. The number of carbonyl (C=O) groups excluding carboxylic acids is 1. The average Bonchev–Trinajstić information content (AvgIpc) is 2.51. The van der Waals surface area contributed by atoms with Crippen molar-refractivity contribution in [1.29, 1.82) is 0 Å². The molecule has 0 spiro atoms. The van der Waals surface area contributed by atoms with Gasteiger partial charge in [0, 0.05) is 11.4 Å². The second-order valence-corrected chi connectivity index (χ2v) is 6.12. The van der Waals surface area contributed by atoms with Gasteiger partial charge in [-0.05, 0) is 43.3 Å². The highest BCUT2D eigenvalue weighted by atomic mass is 35.5. The molecule has 0 bridgehead atoms. The van der Waals surface area contributed by atoms with Crippen molar-refractivity contribution in [3.8, 4) is 5.75 Å². The molecule has 3 rings (SSSR count). The minimum absolute atomic E-state index is 0.0362. The van der Waals surface area contributed by atoms with Gasteiger partial charge >= 0.3 is 0 Å². The first-order valence-corrected chi connectivity index (χ1v) is 7.86. The van der Waals surface area contributed by atoms with Crippen LogP contribution in [0, 0.1) is 5.82 Å². The normalized spacial score (nSPS) is 16.3. The minimum Gasteiger partial charge on any atom is -0.487 e. The number of nitrogens with one attached hydrogen (secondary N) is 1. The number of nitrogen functional groups attached to an aromatic ring is 1. The maximum Gasteiger partial charge on any atom is 0.243 e. The maximum absolute atomic E-state index is 13.2. The Morgan fingerprint density at radius 1 is 1.42 bits per heavy atom. The number of nitrogens with two attached hydrogens (primary N) is 1. The molecule has 1 aliphatic rings. The third kappa shape index (κ3) is 3.54. The second-order valence-electron chi connectivity index (χ2n) is 5.71. The van der Waals surface area contributed by atoms with Crippen LogP contribution in [0.5, 0.6) is 5.75 Å². The molecule has 2 aromatic carbocycles. The van der Waals surface area contributed by atoms with Crippen LogP contribution in [0.2, 0.25) is 5.02 Å². The van der Waals surface area contributed by atoms with Crippen molar-refractivity contribution in [3.05, 3.63) is 47.2 Å². The zero-order valence-electron chi connectivity index (χ0n) is 13.1. The smallest absolute Gasteiger partial charge is 0.243 e. The van der Waals surface area contributed by atoms with Crippen LogP contribution in [0.25, 0.3) is 0 Å². The SMILES string of the molecule is CC1CN(CC(=O)Nc2ccc(F)c(Cl)c2)c2cc(N)ccc2O1. The molecule has 1 heterocycles. The molecule has 1 amide bonds. The van der Waals surface area contributed by atoms with Crippen LogP contribution >= 0.6 is 11.6 Å². The number of anilines is 3. The van der Waals surface area contributed by atoms with E-state index in [0.717, 1.165) is 5.69 Å². The number of rotatable bonds is 3. The Labute approximate surface area is 144 Å². The number of hydrogen-bond acceptors (Lipinski definition) is 4. The molecular formula is C17H17ClFN3O2. The quantitative estimate of drug-likeness (QED) is 0.834. The molecule has 0 saturated heterocycles. The van der Waals surface area contributed by atoms with Crippen molar-refractivity contribution in [3.63, 3.8) is 0 Å². The fourth-order valence-electron chi connectivity index (χ4n) is 2.64. The number of carbonyl (C=O) groups is 1. The Balaban J connectivity index is 1.74. The highest BCUT2D eigenvalue weighted by molar-refractivity contribution is 6.31. The van der Waals surface area contributed by atoms with E-state index >= 15 is 0 Å². The molecular weight excluding hydrogens is 333 g/mol. The van der Waals surface area contributed by atoms with Gasteiger partial charge in [0.2, 0.25) is 5.91 Å². The van der Waals surface area contributed by atoms with Crippen molar-refractivity contribution in [2.45, 2.75) is 13.0 Å². The van der Waals surface area contributed by atoms with Gasteiger partial charge in [-0.25, -0.2) is 4.39 Å². The summed E-state index contributed by atoms with van der Waals surface area (Å²) in [4.78, 5) is 14.2. The zero-order valence-corrected chi connectivity index (χ0v) is 13.8. The Bertz CT molecular complexity index is 784. The molecule has 24 heavy (non-hydrogen) atoms. The topological polar surface area (TPSA) is 67.6 Å². The van der Waals surface area contributed by atoms with Gasteiger partial charge in [0.1, 0.15) is 17.7 Å². The summed E-state index contributed by atoms with van der Waals surface area (Å²) >= 11 is 5.73. The maximum atomic E-state index is 13.2. The molecule has 2 aromatic rings. The van der Waals surface area contributed by atoms with Crippen LogP contribution in [-0.2, 0) is 4.79 Å². The Morgan fingerprint density at radius 2 is 2.21 bits per heavy atom. The molecule has 0 radical (unpaired) electrons. The predicted octanol–water partition coefficient (Wildman–Crippen LogP) is 3.29. The van der Waals surface area contributed by atoms with E-state index in [2.05, 4.69) is 5.32 Å². The first-order chi connectivity index (χ1) is 11.4. The number of halogens is 2. The number of benzene rings is 2. The molecule has 3 N–H and O–H groups in total. The first kappa shape index (κ1) is 16.4. The van der Waals surface area contributed by atoms with E-state index in [-0.39, 0.29) is 23.6 Å².